The highest BCUT2D eigenvalue weighted by Gasteiger charge is 2.32. The summed E-state index contributed by atoms with van der Waals surface area (Å²) in [7, 11) is 0. The minimum atomic E-state index is -4.82. The highest BCUT2D eigenvalue weighted by molar-refractivity contribution is 5.93. The Labute approximate surface area is 153 Å². The van der Waals surface area contributed by atoms with Gasteiger partial charge in [0, 0.05) is 11.6 Å². The third kappa shape index (κ3) is 5.47. The number of nitrogens with one attached hydrogen (secondary N) is 1. The van der Waals surface area contributed by atoms with Crippen LogP contribution in [0.25, 0.3) is 0 Å². The Balaban J connectivity index is 1.72. The van der Waals surface area contributed by atoms with Crippen LogP contribution in [0, 0.1) is 0 Å². The number of carbonyl (C=O) groups excluding carboxylic acids is 2. The van der Waals surface area contributed by atoms with Crippen molar-refractivity contribution in [2.24, 2.45) is 0 Å². The van der Waals surface area contributed by atoms with Gasteiger partial charge in [0.05, 0.1) is 5.56 Å². The summed E-state index contributed by atoms with van der Waals surface area (Å²) < 4.78 is 45.7. The van der Waals surface area contributed by atoms with E-state index in [-0.39, 0.29) is 11.6 Å². The van der Waals surface area contributed by atoms with Gasteiger partial charge in [0.1, 0.15) is 5.75 Å². The van der Waals surface area contributed by atoms with E-state index in [2.05, 4.69) is 10.1 Å². The molecule has 0 heterocycles. The van der Waals surface area contributed by atoms with Crippen LogP contribution in [-0.4, -0.2) is 24.3 Å². The summed E-state index contributed by atoms with van der Waals surface area (Å²) >= 11 is 0. The summed E-state index contributed by atoms with van der Waals surface area (Å²) in [5.74, 6) is -1.72. The average molecular weight is 379 g/mol. The lowest BCUT2D eigenvalue weighted by Gasteiger charge is -2.18. The van der Waals surface area contributed by atoms with Crippen molar-refractivity contribution in [1.29, 1.82) is 0 Å². The lowest BCUT2D eigenvalue weighted by Crippen LogP contribution is -2.33. The van der Waals surface area contributed by atoms with Crippen molar-refractivity contribution >= 4 is 11.9 Å². The van der Waals surface area contributed by atoms with Crippen molar-refractivity contribution in [3.63, 3.8) is 0 Å². The molecular formula is C19H16F3NO4. The number of ether oxygens (including phenoxy) is 2. The number of rotatable bonds is 6. The molecule has 1 fully saturated rings. The second-order valence-corrected chi connectivity index (χ2v) is 6.05. The highest BCUT2D eigenvalue weighted by Crippen LogP contribution is 2.26. The summed E-state index contributed by atoms with van der Waals surface area (Å²) in [6.45, 7) is 0. The molecule has 1 atom stereocenters. The largest absolute Gasteiger partial charge is 0.573 e. The number of carbonyl (C=O) groups is 2. The van der Waals surface area contributed by atoms with Crippen LogP contribution in [0.2, 0.25) is 0 Å². The first kappa shape index (κ1) is 18.8. The van der Waals surface area contributed by atoms with Gasteiger partial charge in [-0.1, -0.05) is 30.3 Å². The third-order valence-electron chi connectivity index (χ3n) is 3.81. The van der Waals surface area contributed by atoms with Gasteiger partial charge in [-0.2, -0.15) is 0 Å². The minimum absolute atomic E-state index is 0.00433. The fourth-order valence-electron chi connectivity index (χ4n) is 2.37. The zero-order valence-corrected chi connectivity index (χ0v) is 14.0. The van der Waals surface area contributed by atoms with Crippen molar-refractivity contribution < 1.29 is 32.2 Å². The predicted molar refractivity (Wildman–Crippen MR) is 88.9 cm³/mol. The second-order valence-electron chi connectivity index (χ2n) is 6.05. The molecule has 0 saturated heterocycles. The van der Waals surface area contributed by atoms with Gasteiger partial charge in [0.2, 0.25) is 6.10 Å². The van der Waals surface area contributed by atoms with E-state index < -0.39 is 30.1 Å². The zero-order chi connectivity index (χ0) is 19.4. The molecule has 2 aromatic rings. The van der Waals surface area contributed by atoms with Gasteiger partial charge in [-0.25, -0.2) is 4.79 Å². The molecule has 3 rings (SSSR count). The van der Waals surface area contributed by atoms with Gasteiger partial charge in [-0.15, -0.1) is 13.2 Å². The molecule has 2 aromatic carbocycles. The molecule has 0 spiro atoms. The van der Waals surface area contributed by atoms with Crippen LogP contribution in [0.15, 0.2) is 54.6 Å². The summed E-state index contributed by atoms with van der Waals surface area (Å²) in [6, 6.07) is 12.9. The summed E-state index contributed by atoms with van der Waals surface area (Å²) in [5, 5.41) is 2.78. The van der Waals surface area contributed by atoms with Crippen molar-refractivity contribution in [2.45, 2.75) is 31.3 Å². The molecule has 0 aromatic heterocycles. The molecule has 1 saturated carbocycles. The van der Waals surface area contributed by atoms with E-state index >= 15 is 0 Å². The molecule has 1 aliphatic carbocycles. The van der Waals surface area contributed by atoms with Crippen molar-refractivity contribution in [1.82, 2.24) is 5.32 Å². The van der Waals surface area contributed by atoms with E-state index in [4.69, 9.17) is 4.74 Å². The molecular weight excluding hydrogens is 363 g/mol. The van der Waals surface area contributed by atoms with Crippen LogP contribution in [0.3, 0.4) is 0 Å². The molecule has 142 valence electrons. The minimum Gasteiger partial charge on any atom is -0.444 e. The van der Waals surface area contributed by atoms with Gasteiger partial charge in [0.25, 0.3) is 5.91 Å². The second kappa shape index (κ2) is 7.69. The maximum Gasteiger partial charge on any atom is 0.573 e. The van der Waals surface area contributed by atoms with Crippen LogP contribution < -0.4 is 10.1 Å². The normalized spacial score (nSPS) is 14.9. The van der Waals surface area contributed by atoms with Crippen LogP contribution in [0.5, 0.6) is 5.75 Å². The van der Waals surface area contributed by atoms with Gasteiger partial charge < -0.3 is 14.8 Å². The fourth-order valence-corrected chi connectivity index (χ4v) is 2.37. The van der Waals surface area contributed by atoms with Crippen LogP contribution in [0.1, 0.15) is 34.9 Å². The Morgan fingerprint density at radius 2 is 1.63 bits per heavy atom. The van der Waals surface area contributed by atoms with Crippen molar-refractivity contribution in [2.75, 3.05) is 0 Å². The summed E-state index contributed by atoms with van der Waals surface area (Å²) in [6.07, 6.45) is -4.21. The number of alkyl halides is 3. The maximum atomic E-state index is 12.4. The van der Waals surface area contributed by atoms with Crippen LogP contribution in [0.4, 0.5) is 13.2 Å². The summed E-state index contributed by atoms with van der Waals surface area (Å²) in [4.78, 5) is 24.8. The van der Waals surface area contributed by atoms with E-state index in [1.54, 1.807) is 30.3 Å². The maximum absolute atomic E-state index is 12.4. The monoisotopic (exact) mass is 379 g/mol. The quantitative estimate of drug-likeness (QED) is 0.777. The van der Waals surface area contributed by atoms with E-state index in [0.717, 1.165) is 37.1 Å². The Hall–Kier alpha value is -3.03. The first-order chi connectivity index (χ1) is 12.8. The molecule has 8 heteroatoms. The number of hydrogen-bond donors (Lipinski definition) is 1. The fraction of sp³-hybridized carbons (Fsp3) is 0.263. The first-order valence-corrected chi connectivity index (χ1v) is 8.24. The molecule has 0 bridgehead atoms. The number of hydrogen-bond acceptors (Lipinski definition) is 4. The molecule has 1 N–H and O–H groups in total. The van der Waals surface area contributed by atoms with Gasteiger partial charge >= 0.3 is 12.3 Å². The molecule has 1 aliphatic rings. The van der Waals surface area contributed by atoms with Crippen LogP contribution >= 0.6 is 0 Å². The molecule has 0 aliphatic heterocycles. The van der Waals surface area contributed by atoms with E-state index in [1.807, 2.05) is 0 Å². The highest BCUT2D eigenvalue weighted by atomic mass is 19.4. The Bertz CT molecular complexity index is 802. The van der Waals surface area contributed by atoms with Crippen molar-refractivity contribution in [3.05, 3.63) is 65.7 Å². The SMILES string of the molecule is O=C(O[C@H](C(=O)NC1CC1)c1ccccc1)c1ccc(OC(F)(F)F)cc1. The first-order valence-electron chi connectivity index (χ1n) is 8.24. The van der Waals surface area contributed by atoms with E-state index in [0.29, 0.717) is 5.56 Å². The van der Waals surface area contributed by atoms with Gasteiger partial charge in [0.15, 0.2) is 0 Å². The summed E-state index contributed by atoms with van der Waals surface area (Å²) in [5.41, 5.74) is 0.505. The molecule has 0 radical (unpaired) electrons. The van der Waals surface area contributed by atoms with Gasteiger partial charge in [-0.05, 0) is 37.1 Å². The lowest BCUT2D eigenvalue weighted by molar-refractivity contribution is -0.274. The molecule has 27 heavy (non-hydrogen) atoms. The van der Waals surface area contributed by atoms with Crippen LogP contribution in [-0.2, 0) is 9.53 Å². The zero-order valence-electron chi connectivity index (χ0n) is 14.0. The number of benzene rings is 2. The van der Waals surface area contributed by atoms with E-state index in [9.17, 15) is 22.8 Å². The number of esters is 1. The number of halogens is 3. The average Bonchev–Trinajstić information content (AvgIpc) is 3.43. The Morgan fingerprint density at radius 1 is 1.00 bits per heavy atom. The Morgan fingerprint density at radius 3 is 2.19 bits per heavy atom. The molecule has 1 amide bonds. The van der Waals surface area contributed by atoms with E-state index in [1.165, 1.54) is 0 Å². The standard InChI is InChI=1S/C19H16F3NO4/c20-19(21,22)27-15-10-6-13(7-11-15)18(25)26-16(12-4-2-1-3-5-12)17(24)23-14-8-9-14/h1-7,10-11,14,16H,8-9H2,(H,23,24)/t16-/m0/s1. The molecule has 5 nitrogen and oxygen atoms in total. The third-order valence-corrected chi connectivity index (χ3v) is 3.81. The smallest absolute Gasteiger partial charge is 0.444 e. The van der Waals surface area contributed by atoms with Crippen molar-refractivity contribution in [3.8, 4) is 5.75 Å². The lowest BCUT2D eigenvalue weighted by atomic mass is 10.1. The number of amides is 1. The molecule has 0 unspecified atom stereocenters. The Kier molecular flexibility index (Phi) is 5.34. The predicted octanol–water partition coefficient (Wildman–Crippen LogP) is 3.76. The van der Waals surface area contributed by atoms with Gasteiger partial charge in [-0.3, -0.25) is 4.79 Å². The topological polar surface area (TPSA) is 64.6 Å².